The van der Waals surface area contributed by atoms with Crippen molar-refractivity contribution in [1.82, 2.24) is 15.6 Å². The number of hydrogen-bond acceptors (Lipinski definition) is 3. The van der Waals surface area contributed by atoms with Crippen LogP contribution in [-0.2, 0) is 11.3 Å². The monoisotopic (exact) mass is 318 g/mol. The summed E-state index contributed by atoms with van der Waals surface area (Å²) in [6.45, 7) is 2.38. The number of halogens is 3. The van der Waals surface area contributed by atoms with Gasteiger partial charge >= 0.3 is 6.18 Å². The van der Waals surface area contributed by atoms with Crippen LogP contribution in [0.25, 0.3) is 0 Å². The van der Waals surface area contributed by atoms with Crippen molar-refractivity contribution in [3.05, 3.63) is 30.1 Å². The summed E-state index contributed by atoms with van der Waals surface area (Å²) in [6, 6.07) is 5.59. The van der Waals surface area contributed by atoms with Crippen molar-refractivity contribution in [3.8, 4) is 0 Å². The van der Waals surface area contributed by atoms with Gasteiger partial charge in [0.25, 0.3) is 0 Å². The molecule has 22 heavy (non-hydrogen) atoms. The zero-order chi connectivity index (χ0) is 16.3. The molecule has 1 aromatic rings. The van der Waals surface area contributed by atoms with E-state index in [1.807, 2.05) is 25.1 Å². The Labute approximate surface area is 128 Å². The third-order valence-electron chi connectivity index (χ3n) is 2.49. The third-order valence-corrected chi connectivity index (χ3v) is 2.49. The van der Waals surface area contributed by atoms with Crippen LogP contribution in [0.15, 0.2) is 29.4 Å². The smallest absolute Gasteiger partial charge is 0.372 e. The van der Waals surface area contributed by atoms with Gasteiger partial charge < -0.3 is 15.4 Å². The molecule has 0 aliphatic heterocycles. The van der Waals surface area contributed by atoms with E-state index in [1.165, 1.54) is 0 Å². The van der Waals surface area contributed by atoms with Gasteiger partial charge in [-0.1, -0.05) is 6.07 Å². The number of rotatable bonds is 8. The first-order chi connectivity index (χ1) is 10.5. The van der Waals surface area contributed by atoms with Crippen molar-refractivity contribution in [2.75, 3.05) is 26.3 Å². The van der Waals surface area contributed by atoms with E-state index < -0.39 is 12.8 Å². The van der Waals surface area contributed by atoms with Gasteiger partial charge in [-0.25, -0.2) is 4.99 Å². The second-order valence-corrected chi connectivity index (χ2v) is 4.46. The van der Waals surface area contributed by atoms with Crippen LogP contribution in [0.5, 0.6) is 0 Å². The summed E-state index contributed by atoms with van der Waals surface area (Å²) in [5.74, 6) is 0.601. The number of guanidine groups is 1. The Morgan fingerprint density at radius 1 is 1.32 bits per heavy atom. The van der Waals surface area contributed by atoms with Gasteiger partial charge in [-0.15, -0.1) is 0 Å². The van der Waals surface area contributed by atoms with Crippen LogP contribution < -0.4 is 10.6 Å². The van der Waals surface area contributed by atoms with Crippen molar-refractivity contribution in [2.45, 2.75) is 26.1 Å². The summed E-state index contributed by atoms with van der Waals surface area (Å²) in [5.41, 5.74) is 0.841. The molecular formula is C14H21F3N4O. The molecule has 1 aromatic heterocycles. The third kappa shape index (κ3) is 9.17. The summed E-state index contributed by atoms with van der Waals surface area (Å²) in [7, 11) is 0. The lowest BCUT2D eigenvalue weighted by atomic mass is 10.3. The van der Waals surface area contributed by atoms with E-state index in [4.69, 9.17) is 0 Å². The standard InChI is InChI=1S/C14H21F3N4O/c1-2-18-13(21-10-12-6-3-4-7-19-12)20-8-5-9-22-11-14(15,16)17/h3-4,6-7H,2,5,8-11H2,1H3,(H2,18,20,21). The molecule has 0 saturated carbocycles. The fourth-order valence-electron chi connectivity index (χ4n) is 1.56. The molecular weight excluding hydrogens is 297 g/mol. The highest BCUT2D eigenvalue weighted by Crippen LogP contribution is 2.14. The summed E-state index contributed by atoms with van der Waals surface area (Å²) in [5, 5.41) is 6.10. The minimum absolute atomic E-state index is 0.0478. The zero-order valence-electron chi connectivity index (χ0n) is 12.5. The van der Waals surface area contributed by atoms with E-state index in [9.17, 15) is 13.2 Å². The van der Waals surface area contributed by atoms with Crippen LogP contribution >= 0.6 is 0 Å². The lowest BCUT2D eigenvalue weighted by Gasteiger charge is -2.11. The van der Waals surface area contributed by atoms with Crippen LogP contribution in [0.4, 0.5) is 13.2 Å². The summed E-state index contributed by atoms with van der Waals surface area (Å²) >= 11 is 0. The van der Waals surface area contributed by atoms with Crippen molar-refractivity contribution in [1.29, 1.82) is 0 Å². The molecule has 2 N–H and O–H groups in total. The Morgan fingerprint density at radius 2 is 2.14 bits per heavy atom. The van der Waals surface area contributed by atoms with E-state index >= 15 is 0 Å². The van der Waals surface area contributed by atoms with Crippen molar-refractivity contribution in [2.24, 2.45) is 4.99 Å². The largest absolute Gasteiger partial charge is 0.411 e. The molecule has 0 saturated heterocycles. The van der Waals surface area contributed by atoms with Gasteiger partial charge in [0.15, 0.2) is 5.96 Å². The van der Waals surface area contributed by atoms with E-state index in [1.54, 1.807) is 6.20 Å². The van der Waals surface area contributed by atoms with E-state index in [0.29, 0.717) is 32.0 Å². The first-order valence-electron chi connectivity index (χ1n) is 7.08. The van der Waals surface area contributed by atoms with E-state index in [2.05, 4.69) is 25.3 Å². The van der Waals surface area contributed by atoms with Gasteiger partial charge in [0.2, 0.25) is 0 Å². The minimum atomic E-state index is -4.27. The van der Waals surface area contributed by atoms with Gasteiger partial charge in [0.05, 0.1) is 12.2 Å². The molecule has 5 nitrogen and oxygen atoms in total. The van der Waals surface area contributed by atoms with Gasteiger partial charge in [-0.3, -0.25) is 4.98 Å². The van der Waals surface area contributed by atoms with Crippen molar-refractivity contribution >= 4 is 5.96 Å². The zero-order valence-corrected chi connectivity index (χ0v) is 12.5. The maximum absolute atomic E-state index is 11.9. The maximum Gasteiger partial charge on any atom is 0.411 e. The molecule has 0 amide bonds. The lowest BCUT2D eigenvalue weighted by Crippen LogP contribution is -2.38. The van der Waals surface area contributed by atoms with Crippen LogP contribution in [0.3, 0.4) is 0 Å². The normalized spacial score (nSPS) is 12.3. The fraction of sp³-hybridized carbons (Fsp3) is 0.571. The van der Waals surface area contributed by atoms with E-state index in [0.717, 1.165) is 5.69 Å². The topological polar surface area (TPSA) is 58.5 Å². The number of pyridine rings is 1. The van der Waals surface area contributed by atoms with Crippen LogP contribution in [0.1, 0.15) is 19.0 Å². The Morgan fingerprint density at radius 3 is 2.77 bits per heavy atom. The van der Waals surface area contributed by atoms with Crippen molar-refractivity contribution in [3.63, 3.8) is 0 Å². The maximum atomic E-state index is 11.9. The Balaban J connectivity index is 2.26. The molecule has 0 radical (unpaired) electrons. The van der Waals surface area contributed by atoms with E-state index in [-0.39, 0.29) is 6.61 Å². The molecule has 0 unspecified atom stereocenters. The molecule has 124 valence electrons. The van der Waals surface area contributed by atoms with Gasteiger partial charge in [0.1, 0.15) is 6.61 Å². The number of nitrogens with zero attached hydrogens (tertiary/aromatic N) is 2. The van der Waals surface area contributed by atoms with Crippen LogP contribution in [-0.4, -0.2) is 43.4 Å². The fourth-order valence-corrected chi connectivity index (χ4v) is 1.56. The number of alkyl halides is 3. The minimum Gasteiger partial charge on any atom is -0.372 e. The number of hydrogen-bond donors (Lipinski definition) is 2. The summed E-state index contributed by atoms with van der Waals surface area (Å²) < 4.78 is 40.2. The summed E-state index contributed by atoms with van der Waals surface area (Å²) in [4.78, 5) is 8.52. The van der Waals surface area contributed by atoms with Gasteiger partial charge in [-0.2, -0.15) is 13.2 Å². The van der Waals surface area contributed by atoms with Gasteiger partial charge in [-0.05, 0) is 25.5 Å². The first-order valence-corrected chi connectivity index (χ1v) is 7.08. The highest BCUT2D eigenvalue weighted by atomic mass is 19.4. The molecule has 0 bridgehead atoms. The number of ether oxygens (including phenoxy) is 1. The molecule has 0 aromatic carbocycles. The lowest BCUT2D eigenvalue weighted by molar-refractivity contribution is -0.173. The molecule has 1 heterocycles. The van der Waals surface area contributed by atoms with Crippen LogP contribution in [0, 0.1) is 0 Å². The number of aliphatic imine (C=N–C) groups is 1. The highest BCUT2D eigenvalue weighted by molar-refractivity contribution is 5.79. The molecule has 0 aliphatic carbocycles. The SMILES string of the molecule is CCNC(=NCc1ccccn1)NCCCOCC(F)(F)F. The Hall–Kier alpha value is -1.83. The highest BCUT2D eigenvalue weighted by Gasteiger charge is 2.27. The molecule has 0 aliphatic rings. The second kappa shape index (κ2) is 9.99. The molecule has 0 spiro atoms. The molecule has 0 fully saturated rings. The molecule has 1 rings (SSSR count). The molecule has 8 heteroatoms. The number of aromatic nitrogens is 1. The first kappa shape index (κ1) is 18.2. The Bertz CT molecular complexity index is 437. The average molecular weight is 318 g/mol. The predicted molar refractivity (Wildman–Crippen MR) is 78.5 cm³/mol. The van der Waals surface area contributed by atoms with Crippen LogP contribution in [0.2, 0.25) is 0 Å². The Kier molecular flexibility index (Phi) is 8.27. The summed E-state index contributed by atoms with van der Waals surface area (Å²) in [6.07, 6.45) is -2.11. The number of nitrogens with one attached hydrogen (secondary N) is 2. The second-order valence-electron chi connectivity index (χ2n) is 4.46. The van der Waals surface area contributed by atoms with Gasteiger partial charge in [0, 0.05) is 25.9 Å². The predicted octanol–water partition coefficient (Wildman–Crippen LogP) is 2.11. The van der Waals surface area contributed by atoms with Crippen molar-refractivity contribution < 1.29 is 17.9 Å². The molecule has 0 atom stereocenters. The average Bonchev–Trinajstić information content (AvgIpc) is 2.48. The quantitative estimate of drug-likeness (QED) is 0.438.